The second-order valence-corrected chi connectivity index (χ2v) is 8.75. The minimum Gasteiger partial charge on any atom is -0.492 e. The summed E-state index contributed by atoms with van der Waals surface area (Å²) in [5.41, 5.74) is 2.24. The zero-order valence-corrected chi connectivity index (χ0v) is 19.5. The average molecular weight is 447 g/mol. The van der Waals surface area contributed by atoms with E-state index in [0.717, 1.165) is 17.5 Å². The van der Waals surface area contributed by atoms with Gasteiger partial charge in [-0.15, -0.1) is 12.3 Å². The number of terminal acetylenes is 1. The second kappa shape index (κ2) is 11.1. The maximum atomic E-state index is 12.9. The Bertz CT molecular complexity index is 1020. The fourth-order valence-electron chi connectivity index (χ4n) is 3.34. The van der Waals surface area contributed by atoms with Gasteiger partial charge in [0.1, 0.15) is 10.6 Å². The molecule has 0 aliphatic carbocycles. The lowest BCUT2D eigenvalue weighted by Gasteiger charge is -2.23. The van der Waals surface area contributed by atoms with Crippen LogP contribution in [-0.4, -0.2) is 29.4 Å². The van der Waals surface area contributed by atoms with Crippen molar-refractivity contribution in [1.29, 1.82) is 0 Å². The molecule has 0 aliphatic heterocycles. The van der Waals surface area contributed by atoms with Crippen molar-refractivity contribution in [2.45, 2.75) is 50.8 Å². The molecule has 2 aromatic carbocycles. The normalized spacial score (nSPS) is 12.1. The van der Waals surface area contributed by atoms with Crippen LogP contribution in [-0.2, 0) is 14.9 Å². The molecule has 31 heavy (non-hydrogen) atoms. The summed E-state index contributed by atoms with van der Waals surface area (Å²) in [6, 6.07) is 8.21. The van der Waals surface area contributed by atoms with Crippen molar-refractivity contribution in [2.24, 2.45) is 0 Å². The number of hydrogen-bond acceptors (Lipinski definition) is 6. The van der Waals surface area contributed by atoms with Gasteiger partial charge in [0.25, 0.3) is 0 Å². The van der Waals surface area contributed by atoms with Gasteiger partial charge in [-0.2, -0.15) is 8.42 Å². The van der Waals surface area contributed by atoms with Crippen LogP contribution >= 0.6 is 0 Å². The van der Waals surface area contributed by atoms with Crippen LogP contribution in [0.4, 0.5) is 0 Å². The first-order valence-corrected chi connectivity index (χ1v) is 11.5. The summed E-state index contributed by atoms with van der Waals surface area (Å²) in [5.74, 6) is 3.79. The van der Waals surface area contributed by atoms with E-state index in [9.17, 15) is 8.42 Å². The van der Waals surface area contributed by atoms with Crippen LogP contribution in [0.15, 0.2) is 35.2 Å². The van der Waals surface area contributed by atoms with E-state index in [2.05, 4.69) is 5.92 Å². The molecule has 1 atom stereocenters. The summed E-state index contributed by atoms with van der Waals surface area (Å²) in [7, 11) is -0.992. The van der Waals surface area contributed by atoms with Gasteiger partial charge in [-0.1, -0.05) is 24.6 Å². The van der Waals surface area contributed by atoms with Crippen LogP contribution in [0, 0.1) is 26.2 Å². The quantitative estimate of drug-likeness (QED) is 0.276. The Kier molecular flexibility index (Phi) is 8.78. The number of rotatable bonds is 11. The monoisotopic (exact) mass is 446 g/mol. The van der Waals surface area contributed by atoms with Crippen LogP contribution in [0.3, 0.4) is 0 Å². The molecule has 0 aromatic heterocycles. The molecule has 0 saturated heterocycles. The summed E-state index contributed by atoms with van der Waals surface area (Å²) >= 11 is 0. The van der Waals surface area contributed by atoms with E-state index in [-0.39, 0.29) is 23.4 Å². The van der Waals surface area contributed by atoms with E-state index in [1.54, 1.807) is 25.1 Å². The Hall–Kier alpha value is -2.69. The minimum absolute atomic E-state index is 0.0240. The molecule has 6 nitrogen and oxygen atoms in total. The predicted octanol–water partition coefficient (Wildman–Crippen LogP) is 4.97. The number of aryl methyl sites for hydroxylation is 1. The Morgan fingerprint density at radius 1 is 1.10 bits per heavy atom. The van der Waals surface area contributed by atoms with Crippen molar-refractivity contribution in [3.8, 4) is 29.6 Å². The zero-order chi connectivity index (χ0) is 23.0. The Morgan fingerprint density at radius 2 is 1.77 bits per heavy atom. The van der Waals surface area contributed by atoms with Crippen LogP contribution in [0.25, 0.3) is 0 Å². The maximum Gasteiger partial charge on any atom is 0.339 e. The Labute approximate surface area is 185 Å². The Balaban J connectivity index is 2.60. The summed E-state index contributed by atoms with van der Waals surface area (Å²) in [6.45, 7) is 5.68. The van der Waals surface area contributed by atoms with E-state index in [1.807, 2.05) is 13.8 Å². The number of ether oxygens (including phenoxy) is 3. The van der Waals surface area contributed by atoms with Crippen molar-refractivity contribution in [2.75, 3.05) is 21.0 Å². The van der Waals surface area contributed by atoms with Crippen molar-refractivity contribution in [3.05, 3.63) is 47.0 Å². The second-order valence-electron chi connectivity index (χ2n) is 7.20. The van der Waals surface area contributed by atoms with Crippen molar-refractivity contribution in [3.63, 3.8) is 0 Å². The van der Waals surface area contributed by atoms with Gasteiger partial charge >= 0.3 is 10.1 Å². The first kappa shape index (κ1) is 24.6. The van der Waals surface area contributed by atoms with Gasteiger partial charge in [0, 0.05) is 24.7 Å². The van der Waals surface area contributed by atoms with Crippen LogP contribution < -0.4 is 13.7 Å². The van der Waals surface area contributed by atoms with Crippen LogP contribution in [0.5, 0.6) is 17.2 Å². The van der Waals surface area contributed by atoms with E-state index in [4.69, 9.17) is 24.8 Å². The van der Waals surface area contributed by atoms with Gasteiger partial charge < -0.3 is 18.4 Å². The zero-order valence-electron chi connectivity index (χ0n) is 18.7. The third-order valence-electron chi connectivity index (χ3n) is 5.07. The molecule has 0 saturated carbocycles. The molecule has 1 unspecified atom stereocenters. The number of methoxy groups -OCH3 is 2. The SMILES string of the molecule is C#CCCC(CC)c1cc(OS(=O)(=O)c2ccc(C)cc2)c(C)c(OC)c1OCOC. The highest BCUT2D eigenvalue weighted by atomic mass is 32.2. The fraction of sp³-hybridized carbons (Fsp3) is 0.417. The summed E-state index contributed by atoms with van der Waals surface area (Å²) in [6.07, 6.45) is 7.54. The first-order valence-electron chi connectivity index (χ1n) is 10.1. The van der Waals surface area contributed by atoms with Crippen LogP contribution in [0.1, 0.15) is 48.8 Å². The molecular weight excluding hydrogens is 416 g/mol. The molecular formula is C24H30O6S. The van der Waals surface area contributed by atoms with Gasteiger partial charge in [0.05, 0.1) is 7.11 Å². The molecule has 2 rings (SSSR count). The molecule has 0 amide bonds. The van der Waals surface area contributed by atoms with Gasteiger partial charge in [-0.3, -0.25) is 0 Å². The largest absolute Gasteiger partial charge is 0.492 e. The van der Waals surface area contributed by atoms with Gasteiger partial charge in [-0.25, -0.2) is 0 Å². The predicted molar refractivity (Wildman–Crippen MR) is 120 cm³/mol. The average Bonchev–Trinajstić information content (AvgIpc) is 2.75. The van der Waals surface area contributed by atoms with Gasteiger partial charge in [-0.05, 0) is 50.8 Å². The smallest absolute Gasteiger partial charge is 0.339 e. The van der Waals surface area contributed by atoms with E-state index in [0.29, 0.717) is 29.9 Å². The van der Waals surface area contributed by atoms with E-state index in [1.165, 1.54) is 26.4 Å². The highest BCUT2D eigenvalue weighted by molar-refractivity contribution is 7.87. The van der Waals surface area contributed by atoms with Gasteiger partial charge in [0.2, 0.25) is 0 Å². The topological polar surface area (TPSA) is 71.1 Å². The lowest BCUT2D eigenvalue weighted by molar-refractivity contribution is 0.0480. The molecule has 0 spiro atoms. The van der Waals surface area contributed by atoms with Crippen molar-refractivity contribution >= 4 is 10.1 Å². The highest BCUT2D eigenvalue weighted by Crippen LogP contribution is 2.45. The third kappa shape index (κ3) is 5.93. The highest BCUT2D eigenvalue weighted by Gasteiger charge is 2.26. The molecule has 168 valence electrons. The Morgan fingerprint density at radius 3 is 2.32 bits per heavy atom. The standard InChI is InChI=1S/C24H30O6S/c1-7-9-10-19(8-2)21-15-22(18(4)23(28-6)24(21)29-16-27-5)30-31(25,26)20-13-11-17(3)12-14-20/h1,11-15,19H,8-10,16H2,2-6H3. The fourth-order valence-corrected chi connectivity index (χ4v) is 4.31. The first-order chi connectivity index (χ1) is 14.8. The number of hydrogen-bond donors (Lipinski definition) is 0. The van der Waals surface area contributed by atoms with E-state index >= 15 is 0 Å². The molecule has 0 aliphatic rings. The maximum absolute atomic E-state index is 12.9. The molecule has 0 fully saturated rings. The molecule has 0 N–H and O–H groups in total. The molecule has 2 aromatic rings. The number of benzene rings is 2. The molecule has 0 heterocycles. The molecule has 7 heteroatoms. The van der Waals surface area contributed by atoms with Crippen molar-refractivity contribution < 1.29 is 26.8 Å². The van der Waals surface area contributed by atoms with Crippen LogP contribution in [0.2, 0.25) is 0 Å². The molecule has 0 bridgehead atoms. The lowest BCUT2D eigenvalue weighted by atomic mass is 9.89. The third-order valence-corrected chi connectivity index (χ3v) is 6.32. The van der Waals surface area contributed by atoms with Crippen molar-refractivity contribution in [1.82, 2.24) is 0 Å². The summed E-state index contributed by atoms with van der Waals surface area (Å²) in [4.78, 5) is 0.0806. The minimum atomic E-state index is -4.03. The summed E-state index contributed by atoms with van der Waals surface area (Å²) in [5, 5.41) is 0. The lowest BCUT2D eigenvalue weighted by Crippen LogP contribution is -2.13. The van der Waals surface area contributed by atoms with Gasteiger partial charge in [0.15, 0.2) is 18.3 Å². The molecule has 0 radical (unpaired) electrons. The summed E-state index contributed by atoms with van der Waals surface area (Å²) < 4.78 is 47.9. The van der Waals surface area contributed by atoms with E-state index < -0.39 is 10.1 Å².